The molecule has 49 heavy (non-hydrogen) atoms. The molecule has 1 aliphatic heterocycles. The molecule has 5 aromatic rings. The third-order valence-corrected chi connectivity index (χ3v) is 8.74. The van der Waals surface area contributed by atoms with Crippen molar-refractivity contribution in [2.75, 3.05) is 47.0 Å². The van der Waals surface area contributed by atoms with E-state index in [2.05, 4.69) is 19.6 Å². The molecule has 0 N–H and O–H groups in total. The second kappa shape index (κ2) is 14.8. The lowest BCUT2D eigenvalue weighted by Crippen LogP contribution is -2.37. The van der Waals surface area contributed by atoms with Crippen LogP contribution in [0.4, 0.5) is 0 Å². The van der Waals surface area contributed by atoms with Crippen LogP contribution in [0.1, 0.15) is 57.1 Å². The van der Waals surface area contributed by atoms with Gasteiger partial charge in [0.2, 0.25) is 5.88 Å². The van der Waals surface area contributed by atoms with Crippen LogP contribution in [0, 0.1) is 20.8 Å². The average Bonchev–Trinajstić information content (AvgIpc) is 3.71. The van der Waals surface area contributed by atoms with Crippen molar-refractivity contribution in [2.45, 2.75) is 46.6 Å². The third kappa shape index (κ3) is 7.20. The normalized spacial score (nSPS) is 14.6. The number of nitrogens with zero attached hydrogens (tertiary/aromatic N) is 8. The molecular weight excluding hydrogens is 624 g/mol. The minimum atomic E-state index is -0.156. The lowest BCUT2D eigenvalue weighted by atomic mass is 10.1. The first kappa shape index (κ1) is 33.4. The van der Waals surface area contributed by atoms with E-state index in [1.54, 1.807) is 41.1 Å². The molecule has 0 radical (unpaired) electrons. The van der Waals surface area contributed by atoms with Crippen molar-refractivity contribution in [1.82, 2.24) is 38.9 Å². The fourth-order valence-corrected chi connectivity index (χ4v) is 6.28. The largest absolute Gasteiger partial charge is 0.493 e. The quantitative estimate of drug-likeness (QED) is 0.266. The Morgan fingerprint density at radius 1 is 0.816 bits per heavy atom. The molecule has 0 spiro atoms. The maximum Gasteiger partial charge on any atom is 0.259 e. The predicted octanol–water partition coefficient (Wildman–Crippen LogP) is 4.78. The average molecular weight is 667 g/mol. The van der Waals surface area contributed by atoms with Gasteiger partial charge in [-0.05, 0) is 70.4 Å². The lowest BCUT2D eigenvalue weighted by Gasteiger charge is -2.25. The summed E-state index contributed by atoms with van der Waals surface area (Å²) in [6, 6.07) is 11.0. The van der Waals surface area contributed by atoms with E-state index in [-0.39, 0.29) is 18.4 Å². The number of pyridine rings is 1. The lowest BCUT2D eigenvalue weighted by molar-refractivity contribution is 0.0704. The van der Waals surface area contributed by atoms with Crippen LogP contribution in [0.3, 0.4) is 0 Å². The summed E-state index contributed by atoms with van der Waals surface area (Å²) < 4.78 is 20.9. The molecule has 6 rings (SSSR count). The SMILES string of the molecule is COc1cc(C(=O)N2CCCCN(C(=O)c3c(C)nn4c(C)cc(C)nc34)CCCn3ccnc3-c3ccc(OC)c(c3)OCC2)ccn1. The van der Waals surface area contributed by atoms with Crippen LogP contribution in [-0.2, 0) is 6.54 Å². The second-order valence-electron chi connectivity index (χ2n) is 12.1. The number of benzene rings is 1. The van der Waals surface area contributed by atoms with E-state index in [1.165, 1.54) is 7.11 Å². The Balaban J connectivity index is 1.32. The van der Waals surface area contributed by atoms with Crippen molar-refractivity contribution in [3.63, 3.8) is 0 Å². The highest BCUT2D eigenvalue weighted by atomic mass is 16.5. The van der Waals surface area contributed by atoms with Gasteiger partial charge in [0.15, 0.2) is 17.1 Å². The number of imidazole rings is 1. The molecule has 1 aromatic carbocycles. The van der Waals surface area contributed by atoms with E-state index in [4.69, 9.17) is 19.2 Å². The number of aromatic nitrogens is 6. The summed E-state index contributed by atoms with van der Waals surface area (Å²) in [5, 5.41) is 4.66. The van der Waals surface area contributed by atoms with Gasteiger partial charge >= 0.3 is 0 Å². The van der Waals surface area contributed by atoms with Crippen molar-refractivity contribution in [3.05, 3.63) is 83.2 Å². The van der Waals surface area contributed by atoms with E-state index in [0.717, 1.165) is 22.8 Å². The first-order chi connectivity index (χ1) is 23.8. The van der Waals surface area contributed by atoms with Gasteiger partial charge < -0.3 is 28.6 Å². The molecule has 2 bridgehead atoms. The van der Waals surface area contributed by atoms with Crippen LogP contribution in [-0.4, -0.2) is 97.8 Å². The topological polar surface area (TPSA) is 129 Å². The molecule has 1 aliphatic rings. The summed E-state index contributed by atoms with van der Waals surface area (Å²) in [6.45, 7) is 8.48. The first-order valence-electron chi connectivity index (χ1n) is 16.5. The number of amides is 2. The first-order valence-corrected chi connectivity index (χ1v) is 16.5. The second-order valence-corrected chi connectivity index (χ2v) is 12.1. The van der Waals surface area contributed by atoms with Gasteiger partial charge in [-0.25, -0.2) is 19.5 Å². The third-order valence-electron chi connectivity index (χ3n) is 8.74. The number of hydrogen-bond acceptors (Lipinski definition) is 9. The number of carbonyl (C=O) groups is 2. The van der Waals surface area contributed by atoms with Gasteiger partial charge in [0.1, 0.15) is 18.0 Å². The number of carbonyl (C=O) groups excluding carboxylic acids is 2. The predicted molar refractivity (Wildman–Crippen MR) is 183 cm³/mol. The summed E-state index contributed by atoms with van der Waals surface area (Å²) in [5.41, 5.74) is 4.83. The van der Waals surface area contributed by atoms with Crippen molar-refractivity contribution in [3.8, 4) is 28.8 Å². The minimum absolute atomic E-state index is 0.0984. The van der Waals surface area contributed by atoms with E-state index >= 15 is 0 Å². The molecule has 4 aromatic heterocycles. The summed E-state index contributed by atoms with van der Waals surface area (Å²) in [6.07, 6.45) is 7.34. The Labute approximate surface area is 285 Å². The number of aryl methyl sites for hydroxylation is 4. The molecule has 0 unspecified atom stereocenters. The molecule has 0 saturated carbocycles. The maximum absolute atomic E-state index is 14.3. The summed E-state index contributed by atoms with van der Waals surface area (Å²) in [4.78, 5) is 45.2. The maximum atomic E-state index is 14.3. The van der Waals surface area contributed by atoms with Crippen molar-refractivity contribution >= 4 is 17.5 Å². The summed E-state index contributed by atoms with van der Waals surface area (Å²) in [7, 11) is 3.12. The molecule has 2 amide bonds. The molecule has 13 heteroatoms. The summed E-state index contributed by atoms with van der Waals surface area (Å²) >= 11 is 0. The van der Waals surface area contributed by atoms with E-state index < -0.39 is 0 Å². The molecular formula is C36H42N8O5. The van der Waals surface area contributed by atoms with Gasteiger partial charge in [0.05, 0.1) is 26.5 Å². The zero-order chi connectivity index (χ0) is 34.5. The number of fused-ring (bicyclic) bond motifs is 5. The van der Waals surface area contributed by atoms with Crippen molar-refractivity contribution in [2.24, 2.45) is 0 Å². The molecule has 256 valence electrons. The van der Waals surface area contributed by atoms with Gasteiger partial charge in [-0.3, -0.25) is 9.59 Å². The van der Waals surface area contributed by atoms with Gasteiger partial charge in [0.25, 0.3) is 11.8 Å². The Bertz CT molecular complexity index is 1970. The van der Waals surface area contributed by atoms with Crippen LogP contribution < -0.4 is 14.2 Å². The highest BCUT2D eigenvalue weighted by molar-refractivity contribution is 6.01. The Kier molecular flexibility index (Phi) is 10.1. The zero-order valence-electron chi connectivity index (χ0n) is 28.7. The minimum Gasteiger partial charge on any atom is -0.493 e. The van der Waals surface area contributed by atoms with Crippen LogP contribution in [0.15, 0.2) is 55.0 Å². The number of hydrogen-bond donors (Lipinski definition) is 0. The number of ether oxygens (including phenoxy) is 3. The van der Waals surface area contributed by atoms with Gasteiger partial charge in [-0.15, -0.1) is 0 Å². The summed E-state index contributed by atoms with van der Waals surface area (Å²) in [5.74, 6) is 2.05. The van der Waals surface area contributed by atoms with E-state index in [1.807, 2.05) is 56.1 Å². The monoisotopic (exact) mass is 666 g/mol. The molecule has 0 atom stereocenters. The van der Waals surface area contributed by atoms with Gasteiger partial charge in [-0.2, -0.15) is 5.10 Å². The highest BCUT2D eigenvalue weighted by Gasteiger charge is 2.25. The van der Waals surface area contributed by atoms with E-state index in [0.29, 0.717) is 91.8 Å². The Morgan fingerprint density at radius 2 is 1.59 bits per heavy atom. The molecule has 0 aliphatic carbocycles. The van der Waals surface area contributed by atoms with E-state index in [9.17, 15) is 9.59 Å². The standard InChI is InChI=1S/C36H42N8O5/c1-24-21-25(2)44-34(39-24)32(26(3)40-44)36(46)42-14-6-7-15-43(35(45)28-11-12-37-31(23-28)48-5)19-20-49-30-22-27(9-10-29(30)47-4)33-38-13-18-41(33)16-8-17-42/h9-13,18,21-23H,6-8,14-17,19-20H2,1-5H3. The molecule has 0 saturated heterocycles. The fourth-order valence-electron chi connectivity index (χ4n) is 6.28. The van der Waals surface area contributed by atoms with Gasteiger partial charge in [0, 0.05) is 73.4 Å². The molecule has 13 nitrogen and oxygen atoms in total. The smallest absolute Gasteiger partial charge is 0.259 e. The number of methoxy groups -OCH3 is 2. The number of rotatable bonds is 4. The van der Waals surface area contributed by atoms with Crippen LogP contribution >= 0.6 is 0 Å². The van der Waals surface area contributed by atoms with Crippen LogP contribution in [0.2, 0.25) is 0 Å². The van der Waals surface area contributed by atoms with Crippen LogP contribution in [0.5, 0.6) is 17.4 Å². The van der Waals surface area contributed by atoms with Crippen LogP contribution in [0.25, 0.3) is 17.0 Å². The highest BCUT2D eigenvalue weighted by Crippen LogP contribution is 2.32. The molecule has 0 fully saturated rings. The van der Waals surface area contributed by atoms with Crippen molar-refractivity contribution < 1.29 is 23.8 Å². The zero-order valence-corrected chi connectivity index (χ0v) is 28.7. The Hall–Kier alpha value is -5.46. The fraction of sp³-hybridized carbons (Fsp3) is 0.389. The Morgan fingerprint density at radius 3 is 2.37 bits per heavy atom. The van der Waals surface area contributed by atoms with Gasteiger partial charge in [-0.1, -0.05) is 0 Å². The van der Waals surface area contributed by atoms with Crippen molar-refractivity contribution in [1.29, 1.82) is 0 Å². The molecule has 5 heterocycles.